The van der Waals surface area contributed by atoms with Gasteiger partial charge in [-0.05, 0) is 24.5 Å². The van der Waals surface area contributed by atoms with Crippen molar-refractivity contribution >= 4 is 23.5 Å². The van der Waals surface area contributed by atoms with E-state index in [1.54, 1.807) is 11.8 Å². The van der Waals surface area contributed by atoms with Crippen molar-refractivity contribution in [1.29, 1.82) is 0 Å². The van der Waals surface area contributed by atoms with Crippen molar-refractivity contribution in [2.24, 2.45) is 0 Å². The third-order valence-electron chi connectivity index (χ3n) is 2.73. The maximum atomic E-state index is 11.3. The summed E-state index contributed by atoms with van der Waals surface area (Å²) in [5, 5.41) is 6.12. The Balaban J connectivity index is 1.79. The van der Waals surface area contributed by atoms with Crippen molar-refractivity contribution in [3.63, 3.8) is 0 Å². The van der Waals surface area contributed by atoms with E-state index in [2.05, 4.69) is 29.0 Å². The molecule has 1 aromatic carbocycles. The first kappa shape index (κ1) is 12.1. The number of nitrogens with zero attached hydrogens (tertiary/aromatic N) is 1. The summed E-state index contributed by atoms with van der Waals surface area (Å²) in [6.45, 7) is 3.10. The van der Waals surface area contributed by atoms with E-state index in [1.807, 2.05) is 17.0 Å². The summed E-state index contributed by atoms with van der Waals surface area (Å²) in [5.41, 5.74) is 1.11. The highest BCUT2D eigenvalue weighted by Crippen LogP contribution is 2.18. The summed E-state index contributed by atoms with van der Waals surface area (Å²) in [5.74, 6) is 0. The zero-order valence-corrected chi connectivity index (χ0v) is 10.7. The molecule has 1 saturated heterocycles. The van der Waals surface area contributed by atoms with Gasteiger partial charge in [0.15, 0.2) is 0 Å². The highest BCUT2D eigenvalue weighted by atomic mass is 32.2. The van der Waals surface area contributed by atoms with E-state index in [-0.39, 0.29) is 6.03 Å². The molecule has 0 spiro atoms. The molecular weight excluding hydrogens is 234 g/mol. The Bertz CT molecular complexity index is 397. The minimum Gasteiger partial charge on any atom is -0.383 e. The van der Waals surface area contributed by atoms with Crippen molar-refractivity contribution in [3.05, 3.63) is 24.3 Å². The molecule has 0 bridgehead atoms. The molecule has 1 heterocycles. The van der Waals surface area contributed by atoms with E-state index < -0.39 is 0 Å². The lowest BCUT2D eigenvalue weighted by Crippen LogP contribution is -2.32. The molecule has 5 heteroatoms. The highest BCUT2D eigenvalue weighted by molar-refractivity contribution is 7.98. The Morgan fingerprint density at radius 2 is 2.41 bits per heavy atom. The molecule has 0 radical (unpaired) electrons. The zero-order valence-electron chi connectivity index (χ0n) is 9.90. The van der Waals surface area contributed by atoms with Gasteiger partial charge >= 0.3 is 6.03 Å². The van der Waals surface area contributed by atoms with Gasteiger partial charge in [-0.3, -0.25) is 0 Å². The van der Waals surface area contributed by atoms with Crippen LogP contribution in [0.3, 0.4) is 0 Å². The number of hydrogen-bond donors (Lipinski definition) is 2. The molecule has 0 atom stereocenters. The van der Waals surface area contributed by atoms with Gasteiger partial charge in [-0.25, -0.2) is 4.79 Å². The fourth-order valence-electron chi connectivity index (χ4n) is 1.79. The van der Waals surface area contributed by atoms with Gasteiger partial charge in [0.25, 0.3) is 0 Å². The summed E-state index contributed by atoms with van der Waals surface area (Å²) in [7, 11) is 0. The number of benzene rings is 1. The van der Waals surface area contributed by atoms with E-state index >= 15 is 0 Å². The predicted molar refractivity (Wildman–Crippen MR) is 71.7 cm³/mol. The van der Waals surface area contributed by atoms with E-state index in [9.17, 15) is 4.79 Å². The number of hydrogen-bond acceptors (Lipinski definition) is 3. The molecule has 1 aliphatic rings. The Hall–Kier alpha value is -1.36. The molecule has 4 nitrogen and oxygen atoms in total. The van der Waals surface area contributed by atoms with Gasteiger partial charge in [0.1, 0.15) is 0 Å². The van der Waals surface area contributed by atoms with Crippen molar-refractivity contribution < 1.29 is 4.79 Å². The molecule has 1 aliphatic heterocycles. The number of nitrogens with one attached hydrogen (secondary N) is 2. The van der Waals surface area contributed by atoms with E-state index in [0.29, 0.717) is 0 Å². The fourth-order valence-corrected chi connectivity index (χ4v) is 2.25. The van der Waals surface area contributed by atoms with Gasteiger partial charge in [-0.15, -0.1) is 11.8 Å². The molecule has 92 valence electrons. The Morgan fingerprint density at radius 1 is 1.53 bits per heavy atom. The second-order valence-electron chi connectivity index (χ2n) is 3.88. The Labute approximate surface area is 106 Å². The monoisotopic (exact) mass is 251 g/mol. The minimum atomic E-state index is 0.0460. The predicted octanol–water partition coefficient (Wildman–Crippen LogP) is 1.85. The van der Waals surface area contributed by atoms with Crippen LogP contribution in [0.5, 0.6) is 0 Å². The van der Waals surface area contributed by atoms with Gasteiger partial charge in [0, 0.05) is 36.8 Å². The molecule has 2 rings (SSSR count). The normalized spacial score (nSPS) is 14.9. The molecule has 0 aliphatic carbocycles. The molecule has 0 saturated carbocycles. The summed E-state index contributed by atoms with van der Waals surface area (Å²) < 4.78 is 0. The second-order valence-corrected chi connectivity index (χ2v) is 4.76. The summed E-state index contributed by atoms with van der Waals surface area (Å²) >= 11 is 1.73. The number of amides is 2. The number of thioether (sulfide) groups is 1. The van der Waals surface area contributed by atoms with Crippen molar-refractivity contribution in [1.82, 2.24) is 10.2 Å². The highest BCUT2D eigenvalue weighted by Gasteiger charge is 2.17. The first-order chi connectivity index (χ1) is 8.29. The van der Waals surface area contributed by atoms with Crippen LogP contribution in [0.25, 0.3) is 0 Å². The van der Waals surface area contributed by atoms with Crippen LogP contribution in [0, 0.1) is 0 Å². The molecule has 2 amide bonds. The summed E-state index contributed by atoms with van der Waals surface area (Å²) in [6.07, 6.45) is 2.06. The van der Waals surface area contributed by atoms with Gasteiger partial charge in [0.2, 0.25) is 0 Å². The number of carbonyl (C=O) groups is 1. The van der Waals surface area contributed by atoms with E-state index in [0.717, 1.165) is 31.9 Å². The number of rotatable bonds is 5. The standard InChI is InChI=1S/C12H17N3OS/c1-17-11-4-2-3-10(9-11)13-5-7-15-8-6-14-12(15)16/h2-4,9,13H,5-8H2,1H3,(H,14,16). The van der Waals surface area contributed by atoms with Gasteiger partial charge in [0.05, 0.1) is 0 Å². The minimum absolute atomic E-state index is 0.0460. The third-order valence-corrected chi connectivity index (χ3v) is 3.45. The summed E-state index contributed by atoms with van der Waals surface area (Å²) in [4.78, 5) is 14.4. The van der Waals surface area contributed by atoms with Crippen LogP contribution in [0.15, 0.2) is 29.2 Å². The van der Waals surface area contributed by atoms with Crippen LogP contribution in [-0.2, 0) is 0 Å². The van der Waals surface area contributed by atoms with Crippen LogP contribution in [0.4, 0.5) is 10.5 Å². The van der Waals surface area contributed by atoms with Crippen LogP contribution >= 0.6 is 11.8 Å². The molecule has 17 heavy (non-hydrogen) atoms. The van der Waals surface area contributed by atoms with E-state index in [4.69, 9.17) is 0 Å². The lowest BCUT2D eigenvalue weighted by molar-refractivity contribution is 0.219. The molecular formula is C12H17N3OS. The average Bonchev–Trinajstić information content (AvgIpc) is 2.76. The quantitative estimate of drug-likeness (QED) is 0.785. The molecule has 0 unspecified atom stereocenters. The van der Waals surface area contributed by atoms with Crippen LogP contribution < -0.4 is 10.6 Å². The molecule has 0 aromatic heterocycles. The van der Waals surface area contributed by atoms with Crippen molar-refractivity contribution in [2.75, 3.05) is 37.8 Å². The van der Waals surface area contributed by atoms with Crippen LogP contribution in [0.1, 0.15) is 0 Å². The topological polar surface area (TPSA) is 44.4 Å². The fraction of sp³-hybridized carbons (Fsp3) is 0.417. The van der Waals surface area contributed by atoms with Crippen molar-refractivity contribution in [3.8, 4) is 0 Å². The second kappa shape index (κ2) is 5.82. The number of carbonyl (C=O) groups excluding carboxylic acids is 1. The lowest BCUT2D eigenvalue weighted by Gasteiger charge is -2.15. The number of anilines is 1. The molecule has 1 fully saturated rings. The Kier molecular flexibility index (Phi) is 4.14. The van der Waals surface area contributed by atoms with Gasteiger partial charge in [-0.1, -0.05) is 6.07 Å². The van der Waals surface area contributed by atoms with E-state index in [1.165, 1.54) is 4.90 Å². The average molecular weight is 251 g/mol. The SMILES string of the molecule is CSc1cccc(NCCN2CCNC2=O)c1. The number of urea groups is 1. The first-order valence-corrected chi connectivity index (χ1v) is 6.93. The first-order valence-electron chi connectivity index (χ1n) is 5.70. The molecule has 2 N–H and O–H groups in total. The maximum Gasteiger partial charge on any atom is 0.317 e. The van der Waals surface area contributed by atoms with Crippen molar-refractivity contribution in [2.45, 2.75) is 4.90 Å². The maximum absolute atomic E-state index is 11.3. The van der Waals surface area contributed by atoms with Crippen LogP contribution in [0.2, 0.25) is 0 Å². The smallest absolute Gasteiger partial charge is 0.317 e. The third kappa shape index (κ3) is 3.30. The van der Waals surface area contributed by atoms with Gasteiger partial charge in [-0.2, -0.15) is 0 Å². The summed E-state index contributed by atoms with van der Waals surface area (Å²) in [6, 6.07) is 8.34. The molecule has 1 aromatic rings. The largest absolute Gasteiger partial charge is 0.383 e. The van der Waals surface area contributed by atoms with Gasteiger partial charge < -0.3 is 15.5 Å². The zero-order chi connectivity index (χ0) is 12.1. The van der Waals surface area contributed by atoms with Crippen LogP contribution in [-0.4, -0.2) is 43.4 Å². The lowest BCUT2D eigenvalue weighted by atomic mass is 10.3. The Morgan fingerprint density at radius 3 is 3.12 bits per heavy atom.